The van der Waals surface area contributed by atoms with Crippen LogP contribution in [0.5, 0.6) is 11.5 Å². The van der Waals surface area contributed by atoms with Crippen LogP contribution < -0.4 is 4.74 Å². The second-order valence-electron chi connectivity index (χ2n) is 8.00. The molecule has 1 aromatic carbocycles. The summed E-state index contributed by atoms with van der Waals surface area (Å²) in [7, 11) is 1.49. The summed E-state index contributed by atoms with van der Waals surface area (Å²) in [4.78, 5) is 12.2. The molecule has 0 amide bonds. The molecular weight excluding hydrogens is 360 g/mol. The lowest BCUT2D eigenvalue weighted by Gasteiger charge is -2.06. The maximum absolute atomic E-state index is 12.2. The fourth-order valence-electron chi connectivity index (χ4n) is 3.53. The monoisotopic (exact) mass is 402 g/mol. The Labute approximate surface area is 178 Å². The summed E-state index contributed by atoms with van der Waals surface area (Å²) in [5.41, 5.74) is 0.618. The Morgan fingerprint density at radius 3 is 2.00 bits per heavy atom. The van der Waals surface area contributed by atoms with Gasteiger partial charge in [-0.1, -0.05) is 76.9 Å². The van der Waals surface area contributed by atoms with Crippen LogP contribution in [-0.4, -0.2) is 18.0 Å². The molecule has 0 aromatic heterocycles. The lowest BCUT2D eigenvalue weighted by Crippen LogP contribution is -1.99. The number of phenols is 1. The normalized spacial score (nSPS) is 11.2. The Kier molecular flexibility index (Phi) is 14.9. The fourth-order valence-corrected chi connectivity index (χ4v) is 3.53. The van der Waals surface area contributed by atoms with Crippen LogP contribution in [0.15, 0.2) is 30.4 Å². The van der Waals surface area contributed by atoms with Crippen LogP contribution in [0, 0.1) is 0 Å². The lowest BCUT2D eigenvalue weighted by atomic mass is 10.0. The average molecular weight is 403 g/mol. The smallest absolute Gasteiger partial charge is 0.163 e. The first-order valence-corrected chi connectivity index (χ1v) is 11.7. The van der Waals surface area contributed by atoms with Crippen molar-refractivity contribution in [1.29, 1.82) is 0 Å². The Morgan fingerprint density at radius 1 is 0.862 bits per heavy atom. The van der Waals surface area contributed by atoms with E-state index in [9.17, 15) is 9.90 Å². The van der Waals surface area contributed by atoms with Crippen LogP contribution in [0.25, 0.3) is 0 Å². The topological polar surface area (TPSA) is 46.5 Å². The van der Waals surface area contributed by atoms with Crippen molar-refractivity contribution in [3.8, 4) is 11.5 Å². The number of unbranched alkanes of at least 4 members (excludes halogenated alkanes) is 12. The van der Waals surface area contributed by atoms with Crippen molar-refractivity contribution in [2.45, 2.75) is 103 Å². The van der Waals surface area contributed by atoms with E-state index in [0.717, 1.165) is 12.8 Å². The van der Waals surface area contributed by atoms with Crippen molar-refractivity contribution in [2.75, 3.05) is 7.11 Å². The van der Waals surface area contributed by atoms with E-state index in [1.807, 2.05) is 0 Å². The third-order valence-electron chi connectivity index (χ3n) is 5.42. The number of Topliss-reactive ketones (excluding diaryl/α,β-unsaturated/α-hetero) is 1. The van der Waals surface area contributed by atoms with Gasteiger partial charge in [0, 0.05) is 12.0 Å². The number of methoxy groups -OCH3 is 1. The molecule has 1 aromatic rings. The molecule has 1 rings (SSSR count). The van der Waals surface area contributed by atoms with Gasteiger partial charge in [0.05, 0.1) is 7.11 Å². The summed E-state index contributed by atoms with van der Waals surface area (Å²) in [5.74, 6) is 0.553. The zero-order chi connectivity index (χ0) is 21.2. The second-order valence-corrected chi connectivity index (χ2v) is 8.00. The number of rotatable bonds is 18. The minimum Gasteiger partial charge on any atom is -0.504 e. The van der Waals surface area contributed by atoms with Crippen LogP contribution in [0.3, 0.4) is 0 Å². The van der Waals surface area contributed by atoms with Crippen molar-refractivity contribution in [1.82, 2.24) is 0 Å². The molecule has 0 bridgehead atoms. The third kappa shape index (κ3) is 12.4. The molecule has 164 valence electrons. The molecule has 0 heterocycles. The van der Waals surface area contributed by atoms with Gasteiger partial charge in [0.15, 0.2) is 17.3 Å². The van der Waals surface area contributed by atoms with E-state index in [2.05, 4.69) is 19.1 Å². The quantitative estimate of drug-likeness (QED) is 0.154. The number of carbonyl (C=O) groups is 1. The standard InChI is InChI=1S/C26H42O3/c1-3-4-5-6-7-8-9-10-11-12-13-14-15-16-17-18-19-24(27)23-20-21-25(28)26(22-23)29-2/h10-11,20-22,28H,3-9,12-19H2,1-2H3/b11-10-. The Morgan fingerprint density at radius 2 is 1.41 bits per heavy atom. The van der Waals surface area contributed by atoms with Crippen molar-refractivity contribution in [3.63, 3.8) is 0 Å². The molecule has 0 unspecified atom stereocenters. The summed E-state index contributed by atoms with van der Waals surface area (Å²) < 4.78 is 5.06. The van der Waals surface area contributed by atoms with E-state index in [1.54, 1.807) is 12.1 Å². The number of ether oxygens (including phenoxy) is 1. The van der Waals surface area contributed by atoms with E-state index in [-0.39, 0.29) is 11.5 Å². The summed E-state index contributed by atoms with van der Waals surface area (Å²) in [6, 6.07) is 4.81. The highest BCUT2D eigenvalue weighted by Crippen LogP contribution is 2.27. The van der Waals surface area contributed by atoms with Gasteiger partial charge in [-0.3, -0.25) is 4.79 Å². The number of carbonyl (C=O) groups excluding carboxylic acids is 1. The van der Waals surface area contributed by atoms with Crippen LogP contribution in [0.2, 0.25) is 0 Å². The number of benzene rings is 1. The third-order valence-corrected chi connectivity index (χ3v) is 5.42. The van der Waals surface area contributed by atoms with Gasteiger partial charge in [-0.2, -0.15) is 0 Å². The summed E-state index contributed by atoms with van der Waals surface area (Å²) >= 11 is 0. The van der Waals surface area contributed by atoms with E-state index in [1.165, 1.54) is 90.2 Å². The summed E-state index contributed by atoms with van der Waals surface area (Å²) in [6.07, 6.45) is 23.0. The molecule has 3 nitrogen and oxygen atoms in total. The number of hydrogen-bond donors (Lipinski definition) is 1. The van der Waals surface area contributed by atoms with Crippen LogP contribution in [0.1, 0.15) is 114 Å². The first-order valence-electron chi connectivity index (χ1n) is 11.7. The lowest BCUT2D eigenvalue weighted by molar-refractivity contribution is 0.0978. The molecule has 0 fully saturated rings. The van der Waals surface area contributed by atoms with Crippen LogP contribution in [-0.2, 0) is 0 Å². The molecule has 29 heavy (non-hydrogen) atoms. The van der Waals surface area contributed by atoms with Gasteiger partial charge in [0.1, 0.15) is 0 Å². The fraction of sp³-hybridized carbons (Fsp3) is 0.654. The minimum atomic E-state index is 0.0707. The first kappa shape index (κ1) is 25.3. The largest absolute Gasteiger partial charge is 0.504 e. The number of hydrogen-bond acceptors (Lipinski definition) is 3. The van der Waals surface area contributed by atoms with Gasteiger partial charge in [0.2, 0.25) is 0 Å². The van der Waals surface area contributed by atoms with Gasteiger partial charge in [0.25, 0.3) is 0 Å². The average Bonchev–Trinajstić information content (AvgIpc) is 2.73. The minimum absolute atomic E-state index is 0.0707. The van der Waals surface area contributed by atoms with Crippen LogP contribution >= 0.6 is 0 Å². The van der Waals surface area contributed by atoms with Crippen LogP contribution in [0.4, 0.5) is 0 Å². The highest BCUT2D eigenvalue weighted by atomic mass is 16.5. The van der Waals surface area contributed by atoms with Gasteiger partial charge in [-0.25, -0.2) is 0 Å². The molecule has 0 spiro atoms. The Bertz CT molecular complexity index is 577. The number of ketones is 1. The molecule has 3 heteroatoms. The van der Waals surface area contributed by atoms with Gasteiger partial charge in [-0.05, 0) is 50.3 Å². The molecule has 0 saturated carbocycles. The zero-order valence-electron chi connectivity index (χ0n) is 18.8. The number of aromatic hydroxyl groups is 1. The first-order chi connectivity index (χ1) is 14.2. The van der Waals surface area contributed by atoms with Gasteiger partial charge < -0.3 is 9.84 Å². The van der Waals surface area contributed by atoms with Gasteiger partial charge in [-0.15, -0.1) is 0 Å². The Hall–Kier alpha value is -1.77. The van der Waals surface area contributed by atoms with E-state index >= 15 is 0 Å². The number of phenolic OH excluding ortho intramolecular Hbond substituents is 1. The molecule has 0 aliphatic rings. The highest BCUT2D eigenvalue weighted by molar-refractivity contribution is 5.96. The van der Waals surface area contributed by atoms with Crippen molar-refractivity contribution >= 4 is 5.78 Å². The molecule has 0 aliphatic carbocycles. The molecule has 0 aliphatic heterocycles. The zero-order valence-corrected chi connectivity index (χ0v) is 18.8. The van der Waals surface area contributed by atoms with E-state index in [0.29, 0.717) is 17.7 Å². The predicted octanol–water partition coefficient (Wildman–Crippen LogP) is 8.01. The summed E-state index contributed by atoms with van der Waals surface area (Å²) in [5, 5.41) is 9.60. The van der Waals surface area contributed by atoms with E-state index < -0.39 is 0 Å². The SMILES string of the molecule is CCCCCCCC/C=C\CCCCCCCCC(=O)c1ccc(O)c(OC)c1. The van der Waals surface area contributed by atoms with Crippen molar-refractivity contribution in [2.24, 2.45) is 0 Å². The highest BCUT2D eigenvalue weighted by Gasteiger charge is 2.09. The number of allylic oxidation sites excluding steroid dienone is 2. The maximum Gasteiger partial charge on any atom is 0.163 e. The molecule has 1 N–H and O–H groups in total. The Balaban J connectivity index is 1.94. The second kappa shape index (κ2) is 17.1. The van der Waals surface area contributed by atoms with E-state index in [4.69, 9.17) is 4.74 Å². The van der Waals surface area contributed by atoms with Gasteiger partial charge >= 0.3 is 0 Å². The summed E-state index contributed by atoms with van der Waals surface area (Å²) in [6.45, 7) is 2.27. The molecular formula is C26H42O3. The van der Waals surface area contributed by atoms with Crippen molar-refractivity contribution in [3.05, 3.63) is 35.9 Å². The predicted molar refractivity (Wildman–Crippen MR) is 123 cm³/mol. The van der Waals surface area contributed by atoms with Crippen molar-refractivity contribution < 1.29 is 14.6 Å². The molecule has 0 radical (unpaired) electrons. The molecule has 0 saturated heterocycles. The maximum atomic E-state index is 12.2. The molecule has 0 atom stereocenters.